The molecule has 1 saturated heterocycles. The van der Waals surface area contributed by atoms with Crippen molar-refractivity contribution < 1.29 is 27.5 Å². The van der Waals surface area contributed by atoms with Crippen LogP contribution in [0.3, 0.4) is 0 Å². The summed E-state index contributed by atoms with van der Waals surface area (Å²) in [5.41, 5.74) is -0.680. The molecule has 1 aliphatic rings. The second-order valence-electron chi connectivity index (χ2n) is 6.14. The number of hydrogen-bond acceptors (Lipinski definition) is 6. The predicted octanol–water partition coefficient (Wildman–Crippen LogP) is 0.877. The third-order valence-corrected chi connectivity index (χ3v) is 4.91. The topological polar surface area (TPSA) is 98.8 Å². The maximum Gasteiger partial charge on any atom is 0.408 e. The van der Waals surface area contributed by atoms with E-state index in [1.807, 2.05) is 0 Å². The van der Waals surface area contributed by atoms with Crippen molar-refractivity contribution in [3.8, 4) is 0 Å². The molecule has 7 nitrogen and oxygen atoms in total. The Bertz CT molecular complexity index is 479. The number of rotatable bonds is 3. The van der Waals surface area contributed by atoms with Crippen LogP contribution in [0.1, 0.15) is 33.6 Å². The van der Waals surface area contributed by atoms with Gasteiger partial charge >= 0.3 is 12.1 Å². The first-order valence-electron chi connectivity index (χ1n) is 6.82. The fourth-order valence-corrected chi connectivity index (χ4v) is 3.70. The fourth-order valence-electron chi connectivity index (χ4n) is 2.17. The monoisotopic (exact) mass is 321 g/mol. The van der Waals surface area contributed by atoms with E-state index in [0.29, 0.717) is 12.8 Å². The van der Waals surface area contributed by atoms with Crippen molar-refractivity contribution in [1.29, 1.82) is 0 Å². The molecular formula is C13H23NO6S. The van der Waals surface area contributed by atoms with E-state index in [-0.39, 0.29) is 17.4 Å². The number of sulfone groups is 1. The van der Waals surface area contributed by atoms with Crippen LogP contribution in [0.25, 0.3) is 0 Å². The van der Waals surface area contributed by atoms with Crippen molar-refractivity contribution in [2.75, 3.05) is 18.6 Å². The molecule has 0 bridgehead atoms. The maximum absolute atomic E-state index is 11.8. The minimum Gasteiger partial charge on any atom is -0.467 e. The Labute approximate surface area is 125 Å². The summed E-state index contributed by atoms with van der Waals surface area (Å²) in [4.78, 5) is 23.6. The quantitative estimate of drug-likeness (QED) is 0.775. The first kappa shape index (κ1) is 17.7. The van der Waals surface area contributed by atoms with E-state index in [1.165, 1.54) is 7.11 Å². The Balaban J connectivity index is 2.73. The number of hydrogen-bond donors (Lipinski definition) is 1. The third-order valence-electron chi connectivity index (χ3n) is 3.20. The zero-order chi connectivity index (χ0) is 16.3. The highest BCUT2D eigenvalue weighted by molar-refractivity contribution is 7.91. The maximum atomic E-state index is 11.8. The first-order valence-corrected chi connectivity index (χ1v) is 8.64. The van der Waals surface area contributed by atoms with E-state index in [2.05, 4.69) is 10.1 Å². The summed E-state index contributed by atoms with van der Waals surface area (Å²) in [6.07, 6.45) is -0.0816. The second-order valence-corrected chi connectivity index (χ2v) is 8.44. The largest absolute Gasteiger partial charge is 0.467 e. The van der Waals surface area contributed by atoms with E-state index in [1.54, 1.807) is 20.8 Å². The number of carbonyl (C=O) groups excluding carboxylic acids is 2. The van der Waals surface area contributed by atoms with Crippen LogP contribution in [0.4, 0.5) is 4.79 Å². The molecule has 1 fully saturated rings. The van der Waals surface area contributed by atoms with Gasteiger partial charge in [-0.2, -0.15) is 0 Å². The Kier molecular flexibility index (Phi) is 5.61. The lowest BCUT2D eigenvalue weighted by Crippen LogP contribution is -2.50. The molecule has 1 rings (SSSR count). The van der Waals surface area contributed by atoms with Gasteiger partial charge in [0.1, 0.15) is 21.5 Å². The highest BCUT2D eigenvalue weighted by Gasteiger charge is 2.36. The van der Waals surface area contributed by atoms with Crippen LogP contribution in [0.15, 0.2) is 0 Å². The van der Waals surface area contributed by atoms with Crippen molar-refractivity contribution in [1.82, 2.24) is 5.32 Å². The molecule has 122 valence electrons. The summed E-state index contributed by atoms with van der Waals surface area (Å²) in [7, 11) is -1.81. The number of amides is 1. The van der Waals surface area contributed by atoms with Gasteiger partial charge in [0, 0.05) is 0 Å². The Morgan fingerprint density at radius 2 is 1.71 bits per heavy atom. The molecule has 1 heterocycles. The highest BCUT2D eigenvalue weighted by atomic mass is 32.2. The van der Waals surface area contributed by atoms with Crippen LogP contribution in [-0.4, -0.2) is 50.7 Å². The summed E-state index contributed by atoms with van der Waals surface area (Å²) < 4.78 is 32.7. The number of esters is 1. The average molecular weight is 321 g/mol. The zero-order valence-corrected chi connectivity index (χ0v) is 13.7. The molecule has 0 aromatic rings. The summed E-state index contributed by atoms with van der Waals surface area (Å²) in [5.74, 6) is -0.832. The van der Waals surface area contributed by atoms with Crippen LogP contribution in [-0.2, 0) is 24.1 Å². The summed E-state index contributed by atoms with van der Waals surface area (Å²) in [5, 5.41) is 2.49. The van der Waals surface area contributed by atoms with Crippen LogP contribution in [0.5, 0.6) is 0 Å². The van der Waals surface area contributed by atoms with Gasteiger partial charge in [-0.15, -0.1) is 0 Å². The molecular weight excluding hydrogens is 298 g/mol. The van der Waals surface area contributed by atoms with Crippen molar-refractivity contribution in [2.45, 2.75) is 45.3 Å². The molecule has 0 spiro atoms. The van der Waals surface area contributed by atoms with Gasteiger partial charge < -0.3 is 14.8 Å². The molecule has 1 N–H and O–H groups in total. The predicted molar refractivity (Wildman–Crippen MR) is 76.6 cm³/mol. The lowest BCUT2D eigenvalue weighted by Gasteiger charge is -2.29. The van der Waals surface area contributed by atoms with E-state index >= 15 is 0 Å². The van der Waals surface area contributed by atoms with Gasteiger partial charge in [-0.3, -0.25) is 0 Å². The van der Waals surface area contributed by atoms with Crippen LogP contribution in [0, 0.1) is 5.92 Å². The number of nitrogens with one attached hydrogen (secondary N) is 1. The van der Waals surface area contributed by atoms with E-state index in [0.717, 1.165) is 0 Å². The van der Waals surface area contributed by atoms with Gasteiger partial charge in [0.25, 0.3) is 0 Å². The summed E-state index contributed by atoms with van der Waals surface area (Å²) >= 11 is 0. The minimum absolute atomic E-state index is 0.0150. The number of carbonyl (C=O) groups is 2. The summed E-state index contributed by atoms with van der Waals surface area (Å²) in [6.45, 7) is 5.15. The van der Waals surface area contributed by atoms with Crippen LogP contribution < -0.4 is 5.32 Å². The minimum atomic E-state index is -3.03. The Morgan fingerprint density at radius 3 is 2.14 bits per heavy atom. The van der Waals surface area contributed by atoms with E-state index in [9.17, 15) is 18.0 Å². The van der Waals surface area contributed by atoms with Crippen LogP contribution >= 0.6 is 0 Å². The van der Waals surface area contributed by atoms with Gasteiger partial charge in [-0.25, -0.2) is 18.0 Å². The number of methoxy groups -OCH3 is 1. The molecule has 1 atom stereocenters. The average Bonchev–Trinajstić information content (AvgIpc) is 2.33. The molecule has 0 aliphatic carbocycles. The molecule has 0 aromatic carbocycles. The molecule has 0 unspecified atom stereocenters. The molecule has 8 heteroatoms. The molecule has 0 radical (unpaired) electrons. The molecule has 1 aliphatic heterocycles. The van der Waals surface area contributed by atoms with E-state index in [4.69, 9.17) is 4.74 Å². The van der Waals surface area contributed by atoms with E-state index < -0.39 is 33.5 Å². The normalized spacial score (nSPS) is 20.4. The standard InChI is InChI=1S/C13H23NO6S/c1-13(2,3)20-12(16)14-10(11(15)19-4)9-5-7-21(17,18)8-6-9/h9-10H,5-8H2,1-4H3,(H,14,16)/t10-/m0/s1. The lowest BCUT2D eigenvalue weighted by atomic mass is 9.94. The molecule has 1 amide bonds. The molecule has 21 heavy (non-hydrogen) atoms. The Morgan fingerprint density at radius 1 is 1.19 bits per heavy atom. The smallest absolute Gasteiger partial charge is 0.408 e. The van der Waals surface area contributed by atoms with Gasteiger partial charge in [-0.1, -0.05) is 0 Å². The number of alkyl carbamates (subject to hydrolysis) is 1. The summed E-state index contributed by atoms with van der Waals surface area (Å²) in [6, 6.07) is -0.889. The zero-order valence-electron chi connectivity index (χ0n) is 12.8. The second kappa shape index (κ2) is 6.64. The van der Waals surface area contributed by atoms with Crippen molar-refractivity contribution in [2.24, 2.45) is 5.92 Å². The van der Waals surface area contributed by atoms with Crippen molar-refractivity contribution in [3.05, 3.63) is 0 Å². The SMILES string of the molecule is COC(=O)[C@@H](NC(=O)OC(C)(C)C)C1CCS(=O)(=O)CC1. The molecule has 0 saturated carbocycles. The number of ether oxygens (including phenoxy) is 2. The Hall–Kier alpha value is -1.31. The fraction of sp³-hybridized carbons (Fsp3) is 0.846. The van der Waals surface area contributed by atoms with Gasteiger partial charge in [-0.05, 0) is 39.5 Å². The highest BCUT2D eigenvalue weighted by Crippen LogP contribution is 2.23. The van der Waals surface area contributed by atoms with Gasteiger partial charge in [0.2, 0.25) is 0 Å². The van der Waals surface area contributed by atoms with Gasteiger partial charge in [0.15, 0.2) is 0 Å². The third kappa shape index (κ3) is 5.91. The van der Waals surface area contributed by atoms with Crippen molar-refractivity contribution >= 4 is 21.9 Å². The molecule has 0 aromatic heterocycles. The van der Waals surface area contributed by atoms with Gasteiger partial charge in [0.05, 0.1) is 18.6 Å². The first-order chi connectivity index (χ1) is 9.54. The van der Waals surface area contributed by atoms with Crippen molar-refractivity contribution in [3.63, 3.8) is 0 Å². The lowest BCUT2D eigenvalue weighted by molar-refractivity contribution is -0.144. The van der Waals surface area contributed by atoms with Crippen LogP contribution in [0.2, 0.25) is 0 Å².